The first-order valence-corrected chi connectivity index (χ1v) is 5.90. The second-order valence-electron chi connectivity index (χ2n) is 5.50. The number of amides is 1. The molecule has 0 bridgehead atoms. The molecule has 0 radical (unpaired) electrons. The zero-order valence-electron chi connectivity index (χ0n) is 11.9. The predicted octanol–water partition coefficient (Wildman–Crippen LogP) is 2.66. The van der Waals surface area contributed by atoms with E-state index in [0.29, 0.717) is 5.69 Å². The molecular formula is C14H22N2O. The Hall–Kier alpha value is -1.38. The van der Waals surface area contributed by atoms with Gasteiger partial charge in [-0.05, 0) is 42.9 Å². The third-order valence-corrected chi connectivity index (χ3v) is 3.19. The lowest BCUT2D eigenvalue weighted by Crippen LogP contribution is -2.27. The molecule has 0 aliphatic carbocycles. The van der Waals surface area contributed by atoms with Gasteiger partial charge in [0.2, 0.25) is 0 Å². The monoisotopic (exact) mass is 234 g/mol. The van der Waals surface area contributed by atoms with Crippen LogP contribution in [0.4, 0.5) is 0 Å². The van der Waals surface area contributed by atoms with Crippen LogP contribution in [0.5, 0.6) is 0 Å². The summed E-state index contributed by atoms with van der Waals surface area (Å²) in [5.74, 6) is -0.110. The zero-order chi connectivity index (χ0) is 13.4. The third-order valence-electron chi connectivity index (χ3n) is 3.19. The molecule has 1 amide bonds. The molecular weight excluding hydrogens is 212 g/mol. The minimum Gasteiger partial charge on any atom is -0.354 e. The van der Waals surface area contributed by atoms with Crippen LogP contribution in [0.1, 0.15) is 53.6 Å². The van der Waals surface area contributed by atoms with Crippen molar-refractivity contribution >= 4 is 5.91 Å². The minimum atomic E-state index is -0.110. The number of aryl methyl sites for hydroxylation is 1. The average Bonchev–Trinajstić information content (AvgIpc) is 2.22. The normalized spacial score (nSPS) is 11.5. The highest BCUT2D eigenvalue weighted by molar-refractivity contribution is 5.94. The summed E-state index contributed by atoms with van der Waals surface area (Å²) in [4.78, 5) is 16.4. The molecule has 0 unspecified atom stereocenters. The number of rotatable bonds is 1. The molecule has 0 spiro atoms. The second-order valence-corrected chi connectivity index (χ2v) is 5.50. The molecule has 0 aliphatic rings. The molecule has 3 heteroatoms. The number of aromatic nitrogens is 1. The molecule has 0 saturated carbocycles. The van der Waals surface area contributed by atoms with Gasteiger partial charge in [0.1, 0.15) is 5.69 Å². The Morgan fingerprint density at radius 2 is 1.65 bits per heavy atom. The molecule has 0 saturated heterocycles. The Morgan fingerprint density at radius 3 is 2.06 bits per heavy atom. The van der Waals surface area contributed by atoms with E-state index in [1.807, 2.05) is 6.92 Å². The van der Waals surface area contributed by atoms with E-state index in [2.05, 4.69) is 44.9 Å². The SMILES string of the molecule is CNC(=O)c1nc(C)c(C)c(C)c1C(C)(C)C. The largest absolute Gasteiger partial charge is 0.354 e. The van der Waals surface area contributed by atoms with E-state index in [1.54, 1.807) is 7.05 Å². The van der Waals surface area contributed by atoms with Gasteiger partial charge in [0.15, 0.2) is 0 Å². The highest BCUT2D eigenvalue weighted by atomic mass is 16.1. The van der Waals surface area contributed by atoms with Gasteiger partial charge in [0.25, 0.3) is 5.91 Å². The summed E-state index contributed by atoms with van der Waals surface area (Å²) in [6.07, 6.45) is 0. The lowest BCUT2D eigenvalue weighted by atomic mass is 9.81. The van der Waals surface area contributed by atoms with E-state index in [1.165, 1.54) is 11.1 Å². The van der Waals surface area contributed by atoms with Crippen molar-refractivity contribution in [2.24, 2.45) is 0 Å². The van der Waals surface area contributed by atoms with Crippen molar-refractivity contribution in [3.8, 4) is 0 Å². The highest BCUT2D eigenvalue weighted by Crippen LogP contribution is 2.30. The highest BCUT2D eigenvalue weighted by Gasteiger charge is 2.26. The van der Waals surface area contributed by atoms with E-state index < -0.39 is 0 Å². The second kappa shape index (κ2) is 4.47. The molecule has 17 heavy (non-hydrogen) atoms. The number of hydrogen-bond donors (Lipinski definition) is 1. The smallest absolute Gasteiger partial charge is 0.269 e. The number of nitrogens with one attached hydrogen (secondary N) is 1. The van der Waals surface area contributed by atoms with E-state index in [0.717, 1.165) is 11.3 Å². The maximum absolute atomic E-state index is 11.9. The molecule has 1 aromatic heterocycles. The number of carbonyl (C=O) groups excluding carboxylic acids is 1. The molecule has 0 aromatic carbocycles. The Bertz CT molecular complexity index is 456. The molecule has 1 aromatic rings. The molecule has 0 fully saturated rings. The van der Waals surface area contributed by atoms with Gasteiger partial charge < -0.3 is 5.32 Å². The van der Waals surface area contributed by atoms with Crippen molar-refractivity contribution < 1.29 is 4.79 Å². The van der Waals surface area contributed by atoms with Gasteiger partial charge in [-0.1, -0.05) is 20.8 Å². The lowest BCUT2D eigenvalue weighted by molar-refractivity contribution is 0.0955. The zero-order valence-corrected chi connectivity index (χ0v) is 11.9. The standard InChI is InChI=1S/C14H22N2O/c1-8-9(2)11(14(4,5)6)12(13(17)15-7)16-10(8)3/h1-7H3,(H,15,17). The summed E-state index contributed by atoms with van der Waals surface area (Å²) >= 11 is 0. The summed E-state index contributed by atoms with van der Waals surface area (Å²) in [6.45, 7) is 12.4. The molecule has 94 valence electrons. The van der Waals surface area contributed by atoms with Gasteiger partial charge in [0.05, 0.1) is 0 Å². The van der Waals surface area contributed by atoms with Crippen LogP contribution in [0.25, 0.3) is 0 Å². The van der Waals surface area contributed by atoms with Crippen molar-refractivity contribution in [1.29, 1.82) is 0 Å². The summed E-state index contributed by atoms with van der Waals surface area (Å²) in [6, 6.07) is 0. The Labute approximate surface area is 104 Å². The topological polar surface area (TPSA) is 42.0 Å². The van der Waals surface area contributed by atoms with Crippen LogP contribution in [0.3, 0.4) is 0 Å². The Morgan fingerprint density at radius 1 is 1.12 bits per heavy atom. The van der Waals surface area contributed by atoms with E-state index >= 15 is 0 Å². The molecule has 0 aliphatic heterocycles. The average molecular weight is 234 g/mol. The van der Waals surface area contributed by atoms with Gasteiger partial charge in [0, 0.05) is 12.7 Å². The van der Waals surface area contributed by atoms with Crippen molar-refractivity contribution in [3.05, 3.63) is 28.1 Å². The quantitative estimate of drug-likeness (QED) is 0.811. The van der Waals surface area contributed by atoms with E-state index in [4.69, 9.17) is 0 Å². The van der Waals surface area contributed by atoms with Crippen molar-refractivity contribution in [3.63, 3.8) is 0 Å². The van der Waals surface area contributed by atoms with Crippen molar-refractivity contribution in [2.45, 2.75) is 47.0 Å². The lowest BCUT2D eigenvalue weighted by Gasteiger charge is -2.26. The van der Waals surface area contributed by atoms with Gasteiger partial charge >= 0.3 is 0 Å². The van der Waals surface area contributed by atoms with Gasteiger partial charge in [-0.2, -0.15) is 0 Å². The van der Waals surface area contributed by atoms with E-state index in [-0.39, 0.29) is 11.3 Å². The number of pyridine rings is 1. The van der Waals surface area contributed by atoms with Gasteiger partial charge in [-0.15, -0.1) is 0 Å². The maximum atomic E-state index is 11.9. The van der Waals surface area contributed by atoms with Crippen LogP contribution in [0.15, 0.2) is 0 Å². The number of nitrogens with zero attached hydrogens (tertiary/aromatic N) is 1. The number of carbonyl (C=O) groups is 1. The molecule has 0 atom stereocenters. The fourth-order valence-electron chi connectivity index (χ4n) is 2.14. The van der Waals surface area contributed by atoms with Crippen LogP contribution in [-0.2, 0) is 5.41 Å². The van der Waals surface area contributed by atoms with Crippen LogP contribution in [0.2, 0.25) is 0 Å². The van der Waals surface area contributed by atoms with Crippen LogP contribution in [0, 0.1) is 20.8 Å². The first-order valence-electron chi connectivity index (χ1n) is 5.90. The summed E-state index contributed by atoms with van der Waals surface area (Å²) < 4.78 is 0. The summed E-state index contributed by atoms with van der Waals surface area (Å²) in [7, 11) is 1.64. The predicted molar refractivity (Wildman–Crippen MR) is 70.5 cm³/mol. The van der Waals surface area contributed by atoms with Crippen molar-refractivity contribution in [1.82, 2.24) is 10.3 Å². The van der Waals surface area contributed by atoms with Crippen LogP contribution < -0.4 is 5.32 Å². The first kappa shape index (κ1) is 13.7. The van der Waals surface area contributed by atoms with E-state index in [9.17, 15) is 4.79 Å². The fraction of sp³-hybridized carbons (Fsp3) is 0.571. The maximum Gasteiger partial charge on any atom is 0.269 e. The van der Waals surface area contributed by atoms with Crippen LogP contribution in [-0.4, -0.2) is 17.9 Å². The first-order chi connectivity index (χ1) is 7.70. The minimum absolute atomic E-state index is 0.0859. The van der Waals surface area contributed by atoms with Crippen molar-refractivity contribution in [2.75, 3.05) is 7.05 Å². The third kappa shape index (κ3) is 2.48. The molecule has 1 N–H and O–H groups in total. The summed E-state index contributed by atoms with van der Waals surface area (Å²) in [5.41, 5.74) is 4.78. The molecule has 3 nitrogen and oxygen atoms in total. The fourth-order valence-corrected chi connectivity index (χ4v) is 2.14. The number of hydrogen-bond acceptors (Lipinski definition) is 2. The Balaban J connectivity index is 3.64. The van der Waals surface area contributed by atoms with Crippen LogP contribution >= 0.6 is 0 Å². The Kier molecular flexibility index (Phi) is 3.60. The van der Waals surface area contributed by atoms with Gasteiger partial charge in [-0.25, -0.2) is 4.98 Å². The molecule has 1 rings (SSSR count). The van der Waals surface area contributed by atoms with Gasteiger partial charge in [-0.3, -0.25) is 4.79 Å². The molecule has 1 heterocycles. The summed E-state index contributed by atoms with van der Waals surface area (Å²) in [5, 5.41) is 2.67.